The van der Waals surface area contributed by atoms with E-state index in [1.54, 1.807) is 0 Å². The summed E-state index contributed by atoms with van der Waals surface area (Å²) in [5, 5.41) is 10.4. The van der Waals surface area contributed by atoms with Gasteiger partial charge in [-0.3, -0.25) is 0 Å². The normalized spacial score (nSPS) is 33.3. The van der Waals surface area contributed by atoms with Crippen molar-refractivity contribution in [3.63, 3.8) is 0 Å². The van der Waals surface area contributed by atoms with Crippen LogP contribution in [0.15, 0.2) is 24.3 Å². The Labute approximate surface area is 165 Å². The average molecular weight is 373 g/mol. The van der Waals surface area contributed by atoms with Crippen molar-refractivity contribution in [2.75, 3.05) is 33.3 Å². The first-order valence-electron chi connectivity index (χ1n) is 11.2. The first kappa shape index (κ1) is 19.3. The lowest BCUT2D eigenvalue weighted by Gasteiger charge is -2.57. The maximum atomic E-state index is 10.4. The van der Waals surface area contributed by atoms with E-state index in [1.807, 2.05) is 0 Å². The van der Waals surface area contributed by atoms with Gasteiger partial charge in [0.15, 0.2) is 0 Å². The second kappa shape index (κ2) is 7.40. The van der Waals surface area contributed by atoms with E-state index in [1.165, 1.54) is 44.1 Å². The highest BCUT2D eigenvalue weighted by molar-refractivity contribution is 5.34. The van der Waals surface area contributed by atoms with Crippen LogP contribution in [0, 0.1) is 17.8 Å². The second-order valence-corrected chi connectivity index (χ2v) is 10.1. The summed E-state index contributed by atoms with van der Waals surface area (Å²) in [6.07, 6.45) is 8.27. The summed E-state index contributed by atoms with van der Waals surface area (Å²) in [6, 6.07) is 8.89. The first-order chi connectivity index (χ1) is 12.9. The third kappa shape index (κ3) is 3.91. The highest BCUT2D eigenvalue weighted by atomic mass is 16.5. The molecule has 0 radical (unpaired) electrons. The molecule has 0 aliphatic heterocycles. The smallest absolute Gasteiger partial charge is 0.137 e. The molecule has 3 nitrogen and oxygen atoms in total. The van der Waals surface area contributed by atoms with Crippen LogP contribution in [0.4, 0.5) is 0 Å². The Bertz CT molecular complexity index is 599. The molecule has 0 aromatic heterocycles. The molecule has 0 unspecified atom stereocenters. The fourth-order valence-corrected chi connectivity index (χ4v) is 6.60. The molecule has 27 heavy (non-hydrogen) atoms. The van der Waals surface area contributed by atoms with Crippen molar-refractivity contribution in [2.45, 2.75) is 63.9 Å². The monoisotopic (exact) mass is 372 g/mol. The van der Waals surface area contributed by atoms with Crippen LogP contribution in [0.2, 0.25) is 0 Å². The summed E-state index contributed by atoms with van der Waals surface area (Å²) in [5.74, 6) is 3.83. The maximum Gasteiger partial charge on any atom is 0.137 e. The van der Waals surface area contributed by atoms with Crippen LogP contribution in [0.5, 0.6) is 5.75 Å². The molecule has 0 saturated heterocycles. The number of benzene rings is 1. The van der Waals surface area contributed by atoms with E-state index < -0.39 is 6.10 Å². The van der Waals surface area contributed by atoms with Gasteiger partial charge in [-0.05, 0) is 93.2 Å². The van der Waals surface area contributed by atoms with Crippen LogP contribution >= 0.6 is 0 Å². The minimum atomic E-state index is -0.419. The van der Waals surface area contributed by atoms with Crippen molar-refractivity contribution >= 4 is 0 Å². The van der Waals surface area contributed by atoms with Gasteiger partial charge in [-0.1, -0.05) is 12.1 Å². The van der Waals surface area contributed by atoms with Crippen LogP contribution in [0.3, 0.4) is 0 Å². The molecule has 4 aliphatic rings. The third-order valence-electron chi connectivity index (χ3n) is 8.13. The Morgan fingerprint density at radius 1 is 1.00 bits per heavy atom. The number of aliphatic hydroxyl groups excluding tert-OH is 1. The number of rotatable bonds is 8. The summed E-state index contributed by atoms with van der Waals surface area (Å²) in [6.45, 7) is 7.56. The molecule has 1 aromatic carbocycles. The zero-order valence-corrected chi connectivity index (χ0v) is 17.5. The van der Waals surface area contributed by atoms with Gasteiger partial charge >= 0.3 is 0 Å². The van der Waals surface area contributed by atoms with Gasteiger partial charge in [0, 0.05) is 0 Å². The van der Waals surface area contributed by atoms with E-state index in [-0.39, 0.29) is 0 Å². The Hall–Kier alpha value is -1.06. The van der Waals surface area contributed by atoms with Crippen LogP contribution in [-0.4, -0.2) is 49.0 Å². The molecule has 1 aromatic rings. The van der Waals surface area contributed by atoms with Gasteiger partial charge in [-0.2, -0.15) is 0 Å². The standard InChI is InChI=1S/C24H38NO2/c1-4-25(3,5-2)16-22(26)17-27-23-8-6-21(7-9-23)24-13-18-10-19(14-24)12-20(11-18)15-24/h6-9,18-20,22,26H,4-5,10-17H2,1-3H3/q+1/t18?,19?,20?,22-,24?/m0/s1. The molecule has 1 N–H and O–H groups in total. The van der Waals surface area contributed by atoms with E-state index in [0.717, 1.165) is 47.6 Å². The van der Waals surface area contributed by atoms with Crippen LogP contribution in [0.25, 0.3) is 0 Å². The van der Waals surface area contributed by atoms with Crippen LogP contribution in [0.1, 0.15) is 57.9 Å². The van der Waals surface area contributed by atoms with Gasteiger partial charge in [-0.15, -0.1) is 0 Å². The Morgan fingerprint density at radius 2 is 1.52 bits per heavy atom. The lowest BCUT2D eigenvalue weighted by atomic mass is 9.48. The number of ether oxygens (including phenoxy) is 1. The minimum Gasteiger partial charge on any atom is -0.491 e. The minimum absolute atomic E-state index is 0.380. The Kier molecular flexibility index (Phi) is 5.28. The van der Waals surface area contributed by atoms with Crippen molar-refractivity contribution in [3.05, 3.63) is 29.8 Å². The van der Waals surface area contributed by atoms with Crippen LogP contribution in [-0.2, 0) is 5.41 Å². The number of aliphatic hydroxyl groups is 1. The summed E-state index contributed by atoms with van der Waals surface area (Å²) in [4.78, 5) is 0. The largest absolute Gasteiger partial charge is 0.491 e. The summed E-state index contributed by atoms with van der Waals surface area (Å²) in [5.41, 5.74) is 1.99. The molecular formula is C24H38NO2+. The van der Waals surface area contributed by atoms with E-state index >= 15 is 0 Å². The fourth-order valence-electron chi connectivity index (χ4n) is 6.60. The maximum absolute atomic E-state index is 10.4. The zero-order chi connectivity index (χ0) is 19.1. The molecule has 4 fully saturated rings. The zero-order valence-electron chi connectivity index (χ0n) is 17.5. The van der Waals surface area contributed by atoms with E-state index in [9.17, 15) is 5.11 Å². The lowest BCUT2D eigenvalue weighted by Crippen LogP contribution is -2.49. The second-order valence-electron chi connectivity index (χ2n) is 10.1. The molecule has 1 atom stereocenters. The number of quaternary nitrogens is 1. The molecular weight excluding hydrogens is 334 g/mol. The quantitative estimate of drug-likeness (QED) is 0.686. The highest BCUT2D eigenvalue weighted by Crippen LogP contribution is 2.60. The lowest BCUT2D eigenvalue weighted by molar-refractivity contribution is -0.909. The molecule has 3 heteroatoms. The van der Waals surface area contributed by atoms with Gasteiger partial charge in [-0.25, -0.2) is 0 Å². The molecule has 5 rings (SSSR count). The molecule has 0 heterocycles. The Morgan fingerprint density at radius 3 is 2.00 bits per heavy atom. The number of hydrogen-bond donors (Lipinski definition) is 1. The fraction of sp³-hybridized carbons (Fsp3) is 0.750. The topological polar surface area (TPSA) is 29.5 Å². The number of nitrogens with zero attached hydrogens (tertiary/aromatic N) is 1. The van der Waals surface area contributed by atoms with Crippen molar-refractivity contribution in [1.82, 2.24) is 0 Å². The summed E-state index contributed by atoms with van der Waals surface area (Å²) >= 11 is 0. The van der Waals surface area contributed by atoms with Crippen LogP contribution < -0.4 is 4.74 Å². The van der Waals surface area contributed by atoms with E-state index in [0.29, 0.717) is 12.0 Å². The molecule has 4 saturated carbocycles. The van der Waals surface area contributed by atoms with Crippen molar-refractivity contribution < 1.29 is 14.3 Å². The molecule has 4 bridgehead atoms. The first-order valence-corrected chi connectivity index (χ1v) is 11.2. The van der Waals surface area contributed by atoms with Crippen molar-refractivity contribution in [2.24, 2.45) is 17.8 Å². The van der Waals surface area contributed by atoms with E-state index in [2.05, 4.69) is 45.2 Å². The predicted molar refractivity (Wildman–Crippen MR) is 110 cm³/mol. The molecule has 0 spiro atoms. The van der Waals surface area contributed by atoms with Gasteiger partial charge < -0.3 is 14.3 Å². The summed E-state index contributed by atoms with van der Waals surface area (Å²) < 4.78 is 6.80. The van der Waals surface area contributed by atoms with E-state index in [4.69, 9.17) is 4.74 Å². The highest BCUT2D eigenvalue weighted by Gasteiger charge is 2.51. The van der Waals surface area contributed by atoms with Crippen molar-refractivity contribution in [1.29, 1.82) is 0 Å². The third-order valence-corrected chi connectivity index (χ3v) is 8.13. The van der Waals surface area contributed by atoms with Crippen molar-refractivity contribution in [3.8, 4) is 5.75 Å². The molecule has 4 aliphatic carbocycles. The SMILES string of the molecule is CC[N+](C)(CC)C[C@H](O)COc1ccc(C23CC4CC(CC(C4)C2)C3)cc1. The van der Waals surface area contributed by atoms with Gasteiger partial charge in [0.25, 0.3) is 0 Å². The summed E-state index contributed by atoms with van der Waals surface area (Å²) in [7, 11) is 2.20. The van der Waals surface area contributed by atoms with Gasteiger partial charge in [0.05, 0.1) is 20.1 Å². The predicted octanol–water partition coefficient (Wildman–Crippen LogP) is 4.38. The van der Waals surface area contributed by atoms with Gasteiger partial charge in [0.1, 0.15) is 25.0 Å². The molecule has 0 amide bonds. The average Bonchev–Trinajstić information content (AvgIpc) is 2.65. The van der Waals surface area contributed by atoms with Gasteiger partial charge in [0.2, 0.25) is 0 Å². The number of likely N-dealkylation sites (N-methyl/N-ethyl adjacent to an activating group) is 1. The Balaban J connectivity index is 1.36. The molecule has 150 valence electrons. The number of hydrogen-bond acceptors (Lipinski definition) is 2.